The van der Waals surface area contributed by atoms with Gasteiger partial charge in [-0.15, -0.1) is 0 Å². The summed E-state index contributed by atoms with van der Waals surface area (Å²) in [6.45, 7) is 3.43. The number of hydrogen-bond acceptors (Lipinski definition) is 5. The van der Waals surface area contributed by atoms with Gasteiger partial charge in [0.05, 0.1) is 34.5 Å². The molecule has 206 valence electrons. The molecule has 0 bridgehead atoms. The number of para-hydroxylation sites is 3. The van der Waals surface area contributed by atoms with E-state index in [1.54, 1.807) is 73.7 Å². The van der Waals surface area contributed by atoms with Crippen molar-refractivity contribution in [3.8, 4) is 5.75 Å². The molecule has 0 aliphatic carbocycles. The summed E-state index contributed by atoms with van der Waals surface area (Å²) in [4.78, 5) is 26.6. The Labute approximate surface area is 234 Å². The van der Waals surface area contributed by atoms with Crippen molar-refractivity contribution < 1.29 is 22.7 Å². The fourth-order valence-corrected chi connectivity index (χ4v) is 5.62. The predicted octanol–water partition coefficient (Wildman–Crippen LogP) is 5.41. The average Bonchev–Trinajstić information content (AvgIpc) is 2.97. The van der Waals surface area contributed by atoms with Gasteiger partial charge in [-0.1, -0.05) is 72.8 Å². The molecule has 0 aliphatic rings. The normalized spacial score (nSPS) is 11.8. The van der Waals surface area contributed by atoms with Crippen LogP contribution in [0.25, 0.3) is 0 Å². The van der Waals surface area contributed by atoms with Gasteiger partial charge < -0.3 is 15.4 Å². The fraction of sp³-hybridized carbons (Fsp3) is 0.161. The monoisotopic (exact) mass is 557 g/mol. The minimum absolute atomic E-state index is 0.0313. The van der Waals surface area contributed by atoms with E-state index in [4.69, 9.17) is 4.74 Å². The van der Waals surface area contributed by atoms with Crippen LogP contribution >= 0.6 is 0 Å². The molecular weight excluding hydrogens is 526 g/mol. The van der Waals surface area contributed by atoms with Gasteiger partial charge in [0.1, 0.15) is 12.3 Å². The van der Waals surface area contributed by atoms with Crippen molar-refractivity contribution in [2.75, 3.05) is 22.8 Å². The third kappa shape index (κ3) is 6.68. The zero-order valence-electron chi connectivity index (χ0n) is 22.3. The van der Waals surface area contributed by atoms with Crippen molar-refractivity contribution >= 4 is 33.2 Å². The Morgan fingerprint density at radius 1 is 0.825 bits per heavy atom. The molecule has 0 saturated heterocycles. The summed E-state index contributed by atoms with van der Waals surface area (Å²) in [7, 11) is -4.14. The average molecular weight is 558 g/mol. The molecule has 0 radical (unpaired) electrons. The van der Waals surface area contributed by atoms with Crippen molar-refractivity contribution in [3.05, 3.63) is 120 Å². The molecule has 0 aliphatic heterocycles. The number of anilines is 2. The van der Waals surface area contributed by atoms with E-state index in [0.717, 1.165) is 9.87 Å². The Bertz CT molecular complexity index is 1560. The Kier molecular flexibility index (Phi) is 9.19. The molecule has 0 spiro atoms. The van der Waals surface area contributed by atoms with E-state index in [9.17, 15) is 18.0 Å². The van der Waals surface area contributed by atoms with Gasteiger partial charge in [-0.25, -0.2) is 8.42 Å². The van der Waals surface area contributed by atoms with E-state index in [0.29, 0.717) is 12.4 Å². The molecule has 1 atom stereocenters. The number of benzene rings is 4. The molecule has 4 aromatic carbocycles. The summed E-state index contributed by atoms with van der Waals surface area (Å²) in [5.74, 6) is -0.670. The zero-order chi connectivity index (χ0) is 28.5. The molecule has 0 fully saturated rings. The summed E-state index contributed by atoms with van der Waals surface area (Å²) < 4.78 is 34.2. The van der Waals surface area contributed by atoms with Crippen LogP contribution in [0.1, 0.15) is 35.8 Å². The van der Waals surface area contributed by atoms with Crippen LogP contribution in [0.15, 0.2) is 114 Å². The van der Waals surface area contributed by atoms with Gasteiger partial charge in [0, 0.05) is 0 Å². The standard InChI is InChI=1S/C31H31N3O5S/c1-3-39-29-21-13-12-20-28(29)34(40(37,38)25-16-8-5-9-17-25)22-30(35)33-27-19-11-10-18-26(27)31(36)32-23(2)24-14-6-4-7-15-24/h4-21,23H,3,22H2,1-2H3,(H,32,36)(H,33,35)/t23-/m0/s1. The Balaban J connectivity index is 1.61. The van der Waals surface area contributed by atoms with Gasteiger partial charge in [0.25, 0.3) is 15.9 Å². The molecule has 0 heterocycles. The third-order valence-electron chi connectivity index (χ3n) is 6.15. The fourth-order valence-electron chi connectivity index (χ4n) is 4.17. The van der Waals surface area contributed by atoms with Crippen molar-refractivity contribution in [2.24, 2.45) is 0 Å². The number of hydrogen-bond donors (Lipinski definition) is 2. The van der Waals surface area contributed by atoms with Gasteiger partial charge in [-0.2, -0.15) is 0 Å². The van der Waals surface area contributed by atoms with Gasteiger partial charge in [-0.05, 0) is 55.8 Å². The van der Waals surface area contributed by atoms with E-state index in [-0.39, 0.29) is 33.8 Å². The predicted molar refractivity (Wildman–Crippen MR) is 156 cm³/mol. The number of carbonyl (C=O) groups excluding carboxylic acids is 2. The Hall–Kier alpha value is -4.63. The van der Waals surface area contributed by atoms with Crippen LogP contribution in [0.2, 0.25) is 0 Å². The second-order valence-corrected chi connectivity index (χ2v) is 10.8. The highest BCUT2D eigenvalue weighted by Crippen LogP contribution is 2.32. The minimum Gasteiger partial charge on any atom is -0.492 e. The smallest absolute Gasteiger partial charge is 0.264 e. The molecule has 40 heavy (non-hydrogen) atoms. The molecule has 4 aromatic rings. The first-order valence-electron chi connectivity index (χ1n) is 12.9. The molecule has 8 nitrogen and oxygen atoms in total. The Morgan fingerprint density at radius 3 is 2.12 bits per heavy atom. The molecule has 4 rings (SSSR count). The molecule has 0 aromatic heterocycles. The molecular formula is C31H31N3O5S. The van der Waals surface area contributed by atoms with Gasteiger partial charge in [0.2, 0.25) is 5.91 Å². The van der Waals surface area contributed by atoms with Crippen molar-refractivity contribution in [2.45, 2.75) is 24.8 Å². The van der Waals surface area contributed by atoms with Crippen molar-refractivity contribution in [1.29, 1.82) is 0 Å². The summed E-state index contributed by atoms with van der Waals surface area (Å²) in [6.07, 6.45) is 0. The van der Waals surface area contributed by atoms with Crippen LogP contribution < -0.4 is 19.7 Å². The first-order valence-corrected chi connectivity index (χ1v) is 14.3. The summed E-state index contributed by atoms with van der Waals surface area (Å²) >= 11 is 0. The van der Waals surface area contributed by atoms with E-state index in [2.05, 4.69) is 10.6 Å². The van der Waals surface area contributed by atoms with Crippen molar-refractivity contribution in [3.63, 3.8) is 0 Å². The highest BCUT2D eigenvalue weighted by molar-refractivity contribution is 7.92. The van der Waals surface area contributed by atoms with Crippen LogP contribution in [-0.4, -0.2) is 33.4 Å². The maximum absolute atomic E-state index is 13.7. The Morgan fingerprint density at radius 2 is 1.43 bits per heavy atom. The molecule has 0 unspecified atom stereocenters. The van der Waals surface area contributed by atoms with E-state index < -0.39 is 22.5 Å². The van der Waals surface area contributed by atoms with Crippen molar-refractivity contribution in [1.82, 2.24) is 5.32 Å². The number of carbonyl (C=O) groups is 2. The minimum atomic E-state index is -4.14. The molecule has 2 amide bonds. The molecule has 2 N–H and O–H groups in total. The SMILES string of the molecule is CCOc1ccccc1N(CC(=O)Nc1ccccc1C(=O)N[C@@H](C)c1ccccc1)S(=O)(=O)c1ccccc1. The zero-order valence-corrected chi connectivity index (χ0v) is 23.1. The highest BCUT2D eigenvalue weighted by atomic mass is 32.2. The van der Waals surface area contributed by atoms with Crippen LogP contribution in [0, 0.1) is 0 Å². The van der Waals surface area contributed by atoms with E-state index >= 15 is 0 Å². The topological polar surface area (TPSA) is 105 Å². The second kappa shape index (κ2) is 12.9. The summed E-state index contributed by atoms with van der Waals surface area (Å²) in [5.41, 5.74) is 1.68. The number of amides is 2. The maximum atomic E-state index is 13.7. The quantitative estimate of drug-likeness (QED) is 0.257. The van der Waals surface area contributed by atoms with Crippen LogP contribution in [-0.2, 0) is 14.8 Å². The first-order chi connectivity index (χ1) is 19.3. The van der Waals surface area contributed by atoms with Crippen LogP contribution in [0.4, 0.5) is 11.4 Å². The van der Waals surface area contributed by atoms with Crippen LogP contribution in [0.5, 0.6) is 5.75 Å². The lowest BCUT2D eigenvalue weighted by Crippen LogP contribution is -2.38. The largest absolute Gasteiger partial charge is 0.492 e. The van der Waals surface area contributed by atoms with E-state index in [1.165, 1.54) is 12.1 Å². The van der Waals surface area contributed by atoms with Crippen LogP contribution in [0.3, 0.4) is 0 Å². The number of ether oxygens (including phenoxy) is 1. The number of nitrogens with zero attached hydrogens (tertiary/aromatic N) is 1. The molecule has 0 saturated carbocycles. The number of sulfonamides is 1. The van der Waals surface area contributed by atoms with Gasteiger partial charge in [0.15, 0.2) is 0 Å². The van der Waals surface area contributed by atoms with E-state index in [1.807, 2.05) is 37.3 Å². The summed E-state index contributed by atoms with van der Waals surface area (Å²) in [6, 6.07) is 30.4. The second-order valence-electron chi connectivity index (χ2n) is 8.93. The lowest BCUT2D eigenvalue weighted by Gasteiger charge is -2.26. The maximum Gasteiger partial charge on any atom is 0.264 e. The number of rotatable bonds is 11. The molecule has 9 heteroatoms. The first kappa shape index (κ1) is 28.4. The van der Waals surface area contributed by atoms with Gasteiger partial charge in [-0.3, -0.25) is 13.9 Å². The lowest BCUT2D eigenvalue weighted by molar-refractivity contribution is -0.114. The summed E-state index contributed by atoms with van der Waals surface area (Å²) in [5, 5.41) is 5.68. The third-order valence-corrected chi connectivity index (χ3v) is 7.92. The highest BCUT2D eigenvalue weighted by Gasteiger charge is 2.29. The lowest BCUT2D eigenvalue weighted by atomic mass is 10.1. The number of nitrogens with one attached hydrogen (secondary N) is 2. The van der Waals surface area contributed by atoms with Gasteiger partial charge >= 0.3 is 0 Å².